The average molecular weight is 303 g/mol. The van der Waals surface area contributed by atoms with Gasteiger partial charge in [-0.05, 0) is 31.9 Å². The molecule has 2 heterocycles. The van der Waals surface area contributed by atoms with Crippen molar-refractivity contribution in [2.24, 2.45) is 0 Å². The molecular formula is C13H19ClN2O2S. The summed E-state index contributed by atoms with van der Waals surface area (Å²) in [4.78, 5) is 14.8. The topological polar surface area (TPSA) is 41.6 Å². The van der Waals surface area contributed by atoms with Crippen LogP contribution in [-0.4, -0.2) is 36.7 Å². The lowest BCUT2D eigenvalue weighted by Crippen LogP contribution is -2.46. The van der Waals surface area contributed by atoms with Crippen LogP contribution in [0.15, 0.2) is 12.1 Å². The van der Waals surface area contributed by atoms with Gasteiger partial charge in [0.05, 0.1) is 23.0 Å². The lowest BCUT2D eigenvalue weighted by molar-refractivity contribution is 0.0838. The molecule has 2 amide bonds. The summed E-state index contributed by atoms with van der Waals surface area (Å²) in [5, 5.41) is 2.98. The molecule has 0 aliphatic carbocycles. The van der Waals surface area contributed by atoms with Gasteiger partial charge in [-0.2, -0.15) is 0 Å². The number of hydrogen-bond donors (Lipinski definition) is 1. The smallest absolute Gasteiger partial charge is 0.317 e. The molecule has 1 saturated heterocycles. The molecule has 2 rings (SSSR count). The molecule has 0 spiro atoms. The van der Waals surface area contributed by atoms with Gasteiger partial charge in [0.1, 0.15) is 0 Å². The number of halogens is 1. The van der Waals surface area contributed by atoms with Crippen molar-refractivity contribution in [2.45, 2.75) is 38.5 Å². The largest absolute Gasteiger partial charge is 0.376 e. The first-order valence-corrected chi connectivity index (χ1v) is 7.63. The Balaban J connectivity index is 1.81. The minimum atomic E-state index is -0.0764. The highest BCUT2D eigenvalue weighted by Gasteiger charge is 2.24. The molecule has 0 saturated carbocycles. The highest BCUT2D eigenvalue weighted by molar-refractivity contribution is 7.16. The molecule has 1 aliphatic rings. The third-order valence-electron chi connectivity index (χ3n) is 3.24. The van der Waals surface area contributed by atoms with E-state index < -0.39 is 0 Å². The maximum absolute atomic E-state index is 12.1. The number of nitrogens with zero attached hydrogens (tertiary/aromatic N) is 1. The normalized spacial score (nSPS) is 20.3. The van der Waals surface area contributed by atoms with Crippen molar-refractivity contribution in [2.75, 3.05) is 13.7 Å². The Kier molecular flexibility index (Phi) is 5.07. The van der Waals surface area contributed by atoms with Crippen molar-refractivity contribution in [3.8, 4) is 0 Å². The zero-order valence-corrected chi connectivity index (χ0v) is 12.8. The fourth-order valence-electron chi connectivity index (χ4n) is 2.14. The second-order valence-electron chi connectivity index (χ2n) is 4.85. The van der Waals surface area contributed by atoms with E-state index in [1.807, 2.05) is 19.1 Å². The Morgan fingerprint density at radius 1 is 1.68 bits per heavy atom. The van der Waals surface area contributed by atoms with E-state index >= 15 is 0 Å². The number of ether oxygens (including phenoxy) is 1. The van der Waals surface area contributed by atoms with Crippen molar-refractivity contribution in [1.29, 1.82) is 0 Å². The number of urea groups is 1. The maximum atomic E-state index is 12.1. The van der Waals surface area contributed by atoms with E-state index in [0.717, 1.165) is 28.7 Å². The summed E-state index contributed by atoms with van der Waals surface area (Å²) >= 11 is 7.37. The van der Waals surface area contributed by atoms with Gasteiger partial charge in [0.15, 0.2) is 0 Å². The molecule has 106 valence electrons. The molecule has 2 atom stereocenters. The SMILES string of the molecule is C[C@H](NC(=O)N(C)Cc1ccc(Cl)s1)[C@@H]1CCCO1. The van der Waals surface area contributed by atoms with Gasteiger partial charge in [0.2, 0.25) is 0 Å². The Hall–Kier alpha value is -0.780. The van der Waals surface area contributed by atoms with Crippen LogP contribution in [0, 0.1) is 0 Å². The minimum absolute atomic E-state index is 0.0457. The van der Waals surface area contributed by atoms with Crippen LogP contribution in [0.3, 0.4) is 0 Å². The number of nitrogens with one attached hydrogen (secondary N) is 1. The molecule has 0 aromatic carbocycles. The van der Waals surface area contributed by atoms with Crippen molar-refractivity contribution >= 4 is 29.0 Å². The molecule has 19 heavy (non-hydrogen) atoms. The molecule has 0 radical (unpaired) electrons. The molecule has 0 bridgehead atoms. The van der Waals surface area contributed by atoms with E-state index in [2.05, 4.69) is 5.32 Å². The standard InChI is InChI=1S/C13H19ClN2O2S/c1-9(11-4-3-7-18-11)15-13(17)16(2)8-10-5-6-12(14)19-10/h5-6,9,11H,3-4,7-8H2,1-2H3,(H,15,17)/t9-,11-/m0/s1. The number of amides is 2. The van der Waals surface area contributed by atoms with Gasteiger partial charge in [-0.15, -0.1) is 11.3 Å². The van der Waals surface area contributed by atoms with Gasteiger partial charge in [-0.1, -0.05) is 11.6 Å². The van der Waals surface area contributed by atoms with E-state index in [0.29, 0.717) is 6.54 Å². The molecule has 4 nitrogen and oxygen atoms in total. The third kappa shape index (κ3) is 4.09. The van der Waals surface area contributed by atoms with Crippen molar-refractivity contribution in [3.05, 3.63) is 21.3 Å². The second kappa shape index (κ2) is 6.59. The first-order valence-electron chi connectivity index (χ1n) is 6.43. The predicted octanol–water partition coefficient (Wildman–Crippen LogP) is 3.11. The summed E-state index contributed by atoms with van der Waals surface area (Å²) in [5.41, 5.74) is 0. The first kappa shape index (κ1) is 14.6. The molecule has 1 aliphatic heterocycles. The Morgan fingerprint density at radius 2 is 2.47 bits per heavy atom. The summed E-state index contributed by atoms with van der Waals surface area (Å²) in [7, 11) is 1.78. The number of carbonyl (C=O) groups is 1. The van der Waals surface area contributed by atoms with Crippen LogP contribution in [-0.2, 0) is 11.3 Å². The zero-order chi connectivity index (χ0) is 13.8. The van der Waals surface area contributed by atoms with Crippen LogP contribution >= 0.6 is 22.9 Å². The fraction of sp³-hybridized carbons (Fsp3) is 0.615. The van der Waals surface area contributed by atoms with E-state index in [1.165, 1.54) is 11.3 Å². The highest BCUT2D eigenvalue weighted by Crippen LogP contribution is 2.22. The summed E-state index contributed by atoms with van der Waals surface area (Å²) in [6.07, 6.45) is 2.24. The van der Waals surface area contributed by atoms with Gasteiger partial charge in [0, 0.05) is 18.5 Å². The van der Waals surface area contributed by atoms with Gasteiger partial charge < -0.3 is 15.0 Å². The third-order valence-corrected chi connectivity index (χ3v) is 4.46. The van der Waals surface area contributed by atoms with Crippen LogP contribution in [0.4, 0.5) is 4.79 Å². The molecule has 1 aromatic heterocycles. The Bertz CT molecular complexity index is 432. The molecule has 1 fully saturated rings. The average Bonchev–Trinajstić information content (AvgIpc) is 3.00. The van der Waals surface area contributed by atoms with E-state index in [9.17, 15) is 4.79 Å². The van der Waals surface area contributed by atoms with Gasteiger partial charge in [0.25, 0.3) is 0 Å². The first-order chi connectivity index (χ1) is 9.06. The van der Waals surface area contributed by atoms with E-state index in [4.69, 9.17) is 16.3 Å². The predicted molar refractivity (Wildman–Crippen MR) is 77.8 cm³/mol. The molecule has 6 heteroatoms. The summed E-state index contributed by atoms with van der Waals surface area (Å²) in [5.74, 6) is 0. The van der Waals surface area contributed by atoms with Gasteiger partial charge >= 0.3 is 6.03 Å². The molecular weight excluding hydrogens is 284 g/mol. The van der Waals surface area contributed by atoms with Crippen molar-refractivity contribution in [1.82, 2.24) is 10.2 Å². The van der Waals surface area contributed by atoms with Gasteiger partial charge in [-0.3, -0.25) is 0 Å². The number of rotatable bonds is 4. The van der Waals surface area contributed by atoms with Crippen molar-refractivity contribution in [3.63, 3.8) is 0 Å². The maximum Gasteiger partial charge on any atom is 0.317 e. The monoisotopic (exact) mass is 302 g/mol. The summed E-state index contributed by atoms with van der Waals surface area (Å²) < 4.78 is 6.32. The lowest BCUT2D eigenvalue weighted by Gasteiger charge is -2.24. The quantitative estimate of drug-likeness (QED) is 0.928. The summed E-state index contributed by atoms with van der Waals surface area (Å²) in [6, 6.07) is 3.76. The van der Waals surface area contributed by atoms with Crippen LogP contribution in [0.5, 0.6) is 0 Å². The van der Waals surface area contributed by atoms with Crippen LogP contribution in [0.2, 0.25) is 4.34 Å². The molecule has 1 N–H and O–H groups in total. The summed E-state index contributed by atoms with van der Waals surface area (Å²) in [6.45, 7) is 3.36. The Labute approximate surface area is 122 Å². The fourth-order valence-corrected chi connectivity index (χ4v) is 3.28. The van der Waals surface area contributed by atoms with Crippen LogP contribution in [0.25, 0.3) is 0 Å². The highest BCUT2D eigenvalue weighted by atomic mass is 35.5. The van der Waals surface area contributed by atoms with E-state index in [-0.39, 0.29) is 18.2 Å². The van der Waals surface area contributed by atoms with Crippen LogP contribution < -0.4 is 5.32 Å². The zero-order valence-electron chi connectivity index (χ0n) is 11.2. The second-order valence-corrected chi connectivity index (χ2v) is 6.65. The number of hydrogen-bond acceptors (Lipinski definition) is 3. The molecule has 1 aromatic rings. The number of thiophene rings is 1. The van der Waals surface area contributed by atoms with Crippen molar-refractivity contribution < 1.29 is 9.53 Å². The lowest BCUT2D eigenvalue weighted by atomic mass is 10.1. The van der Waals surface area contributed by atoms with Gasteiger partial charge in [-0.25, -0.2) is 4.79 Å². The molecule has 0 unspecified atom stereocenters. The number of carbonyl (C=O) groups excluding carboxylic acids is 1. The minimum Gasteiger partial charge on any atom is -0.376 e. The van der Waals surface area contributed by atoms with E-state index in [1.54, 1.807) is 11.9 Å². The van der Waals surface area contributed by atoms with Crippen LogP contribution in [0.1, 0.15) is 24.6 Å². The Morgan fingerprint density at radius 3 is 3.05 bits per heavy atom.